The van der Waals surface area contributed by atoms with Crippen molar-refractivity contribution in [2.24, 2.45) is 0 Å². The second-order valence-corrected chi connectivity index (χ2v) is 3.28. The molecule has 0 atom stereocenters. The summed E-state index contributed by atoms with van der Waals surface area (Å²) >= 11 is 5.60. The van der Waals surface area contributed by atoms with Crippen LogP contribution >= 0.6 is 11.6 Å². The van der Waals surface area contributed by atoms with E-state index in [0.717, 1.165) is 0 Å². The van der Waals surface area contributed by atoms with Crippen LogP contribution in [0.4, 0.5) is 13.2 Å². The maximum atomic E-state index is 12.0. The van der Waals surface area contributed by atoms with Gasteiger partial charge >= 0.3 is 6.18 Å². The largest absolute Gasteiger partial charge is 0.393 e. The predicted octanol–water partition coefficient (Wildman–Crippen LogP) is 2.94. The van der Waals surface area contributed by atoms with Crippen LogP contribution in [0.5, 0.6) is 0 Å². The SMILES string of the molecule is OCc1ccc(CC(F)(F)F)c(Cl)c1. The first-order chi connectivity index (χ1) is 6.42. The summed E-state index contributed by atoms with van der Waals surface area (Å²) in [7, 11) is 0. The summed E-state index contributed by atoms with van der Waals surface area (Å²) in [6.07, 6.45) is -5.30. The van der Waals surface area contributed by atoms with Crippen LogP contribution in [0.25, 0.3) is 0 Å². The van der Waals surface area contributed by atoms with Crippen molar-refractivity contribution in [3.8, 4) is 0 Å². The normalized spacial score (nSPS) is 11.8. The standard InChI is InChI=1S/C9H8ClF3O/c10-8-3-6(5-14)1-2-7(8)4-9(11,12)13/h1-3,14H,4-5H2. The van der Waals surface area contributed by atoms with Crippen LogP contribution in [0.1, 0.15) is 11.1 Å². The van der Waals surface area contributed by atoms with Gasteiger partial charge in [-0.05, 0) is 17.2 Å². The molecular weight excluding hydrogens is 217 g/mol. The van der Waals surface area contributed by atoms with E-state index >= 15 is 0 Å². The number of aliphatic hydroxyl groups excluding tert-OH is 1. The molecule has 0 spiro atoms. The lowest BCUT2D eigenvalue weighted by Crippen LogP contribution is -2.11. The van der Waals surface area contributed by atoms with Crippen molar-refractivity contribution >= 4 is 11.6 Å². The van der Waals surface area contributed by atoms with Crippen LogP contribution in [-0.2, 0) is 13.0 Å². The highest BCUT2D eigenvalue weighted by Crippen LogP contribution is 2.26. The summed E-state index contributed by atoms with van der Waals surface area (Å²) in [6.45, 7) is -0.230. The van der Waals surface area contributed by atoms with Gasteiger partial charge in [0.25, 0.3) is 0 Å². The molecule has 1 aromatic rings. The van der Waals surface area contributed by atoms with Gasteiger partial charge in [0.2, 0.25) is 0 Å². The first-order valence-corrected chi connectivity index (χ1v) is 4.25. The Labute approximate surface area is 84.1 Å². The number of benzene rings is 1. The Morgan fingerprint density at radius 2 is 1.93 bits per heavy atom. The van der Waals surface area contributed by atoms with Gasteiger partial charge in [0, 0.05) is 5.02 Å². The third-order valence-electron chi connectivity index (χ3n) is 1.69. The molecule has 0 bridgehead atoms. The number of hydrogen-bond donors (Lipinski definition) is 1. The van der Waals surface area contributed by atoms with Gasteiger partial charge < -0.3 is 5.11 Å². The first-order valence-electron chi connectivity index (χ1n) is 3.87. The van der Waals surface area contributed by atoms with E-state index in [9.17, 15) is 13.2 Å². The molecule has 0 radical (unpaired) electrons. The van der Waals surface area contributed by atoms with Crippen molar-refractivity contribution in [3.05, 3.63) is 34.3 Å². The Morgan fingerprint density at radius 1 is 1.29 bits per heavy atom. The zero-order valence-corrected chi connectivity index (χ0v) is 7.86. The molecule has 0 aromatic heterocycles. The van der Waals surface area contributed by atoms with Crippen LogP contribution in [0, 0.1) is 0 Å². The lowest BCUT2D eigenvalue weighted by atomic mass is 10.1. The first kappa shape index (κ1) is 11.3. The number of rotatable bonds is 2. The van der Waals surface area contributed by atoms with Gasteiger partial charge in [-0.25, -0.2) is 0 Å². The summed E-state index contributed by atoms with van der Waals surface area (Å²) in [4.78, 5) is 0. The molecule has 0 fully saturated rings. The lowest BCUT2D eigenvalue weighted by molar-refractivity contribution is -0.127. The maximum Gasteiger partial charge on any atom is 0.393 e. The van der Waals surface area contributed by atoms with Gasteiger partial charge in [0.05, 0.1) is 13.0 Å². The molecule has 0 aliphatic heterocycles. The fourth-order valence-corrected chi connectivity index (χ4v) is 1.32. The number of alkyl halides is 3. The zero-order chi connectivity index (χ0) is 10.8. The fourth-order valence-electron chi connectivity index (χ4n) is 1.05. The van der Waals surface area contributed by atoms with Crippen molar-refractivity contribution in [1.29, 1.82) is 0 Å². The monoisotopic (exact) mass is 224 g/mol. The zero-order valence-electron chi connectivity index (χ0n) is 7.11. The van der Waals surface area contributed by atoms with Crippen molar-refractivity contribution < 1.29 is 18.3 Å². The molecule has 1 aromatic carbocycles. The van der Waals surface area contributed by atoms with E-state index in [1.54, 1.807) is 0 Å². The van der Waals surface area contributed by atoms with Crippen molar-refractivity contribution in [2.75, 3.05) is 0 Å². The van der Waals surface area contributed by atoms with Crippen LogP contribution < -0.4 is 0 Å². The summed E-state index contributed by atoms with van der Waals surface area (Å²) in [6, 6.07) is 4.04. The predicted molar refractivity (Wildman–Crippen MR) is 47.1 cm³/mol. The van der Waals surface area contributed by atoms with Gasteiger partial charge in [0.15, 0.2) is 0 Å². The minimum Gasteiger partial charge on any atom is -0.392 e. The lowest BCUT2D eigenvalue weighted by Gasteiger charge is -2.08. The highest BCUT2D eigenvalue weighted by molar-refractivity contribution is 6.31. The van der Waals surface area contributed by atoms with Crippen molar-refractivity contribution in [1.82, 2.24) is 0 Å². The molecular formula is C9H8ClF3O. The van der Waals surface area contributed by atoms with Gasteiger partial charge in [-0.15, -0.1) is 0 Å². The highest BCUT2D eigenvalue weighted by atomic mass is 35.5. The summed E-state index contributed by atoms with van der Waals surface area (Å²) in [5.41, 5.74) is 0.525. The molecule has 78 valence electrons. The minimum atomic E-state index is -4.26. The smallest absolute Gasteiger partial charge is 0.392 e. The molecule has 0 unspecified atom stereocenters. The second-order valence-electron chi connectivity index (χ2n) is 2.88. The van der Waals surface area contributed by atoms with Crippen LogP contribution in [0.3, 0.4) is 0 Å². The Balaban J connectivity index is 2.89. The Morgan fingerprint density at radius 3 is 2.36 bits per heavy atom. The molecule has 14 heavy (non-hydrogen) atoms. The minimum absolute atomic E-state index is 0.0244. The van der Waals surface area contributed by atoms with Gasteiger partial charge in [-0.3, -0.25) is 0 Å². The Hall–Kier alpha value is -0.740. The van der Waals surface area contributed by atoms with E-state index in [4.69, 9.17) is 16.7 Å². The van der Waals surface area contributed by atoms with Crippen molar-refractivity contribution in [3.63, 3.8) is 0 Å². The molecule has 0 saturated heterocycles. The van der Waals surface area contributed by atoms with Crippen LogP contribution in [0.15, 0.2) is 18.2 Å². The van der Waals surface area contributed by atoms with Crippen molar-refractivity contribution in [2.45, 2.75) is 19.2 Å². The average Bonchev–Trinajstić information content (AvgIpc) is 2.06. The molecule has 1 N–H and O–H groups in total. The molecule has 0 saturated carbocycles. The highest BCUT2D eigenvalue weighted by Gasteiger charge is 2.28. The molecule has 0 aliphatic rings. The summed E-state index contributed by atoms with van der Waals surface area (Å²) < 4.78 is 36.0. The molecule has 1 rings (SSSR count). The van der Waals surface area contributed by atoms with E-state index in [-0.39, 0.29) is 17.2 Å². The molecule has 0 amide bonds. The molecule has 1 nitrogen and oxygen atoms in total. The number of aliphatic hydroxyl groups is 1. The fraction of sp³-hybridized carbons (Fsp3) is 0.333. The second kappa shape index (κ2) is 4.19. The molecule has 0 aliphatic carbocycles. The van der Waals surface area contributed by atoms with Gasteiger partial charge in [0.1, 0.15) is 0 Å². The third kappa shape index (κ3) is 3.20. The third-order valence-corrected chi connectivity index (χ3v) is 2.04. The van der Waals surface area contributed by atoms with E-state index in [0.29, 0.717) is 5.56 Å². The topological polar surface area (TPSA) is 20.2 Å². The maximum absolute atomic E-state index is 12.0. The Bertz CT molecular complexity index is 322. The number of halogens is 4. The number of hydrogen-bond acceptors (Lipinski definition) is 1. The van der Waals surface area contributed by atoms with Crippen LogP contribution in [0.2, 0.25) is 5.02 Å². The summed E-state index contributed by atoms with van der Waals surface area (Å²) in [5, 5.41) is 8.74. The van der Waals surface area contributed by atoms with Gasteiger partial charge in [-0.2, -0.15) is 13.2 Å². The van der Waals surface area contributed by atoms with E-state index in [1.165, 1.54) is 18.2 Å². The van der Waals surface area contributed by atoms with E-state index in [1.807, 2.05) is 0 Å². The van der Waals surface area contributed by atoms with Gasteiger partial charge in [-0.1, -0.05) is 23.7 Å². The Kier molecular flexibility index (Phi) is 3.39. The molecule has 5 heteroatoms. The molecule has 0 heterocycles. The average molecular weight is 225 g/mol. The van der Waals surface area contributed by atoms with Crippen LogP contribution in [-0.4, -0.2) is 11.3 Å². The summed E-state index contributed by atoms with van der Waals surface area (Å²) in [5.74, 6) is 0. The van der Waals surface area contributed by atoms with E-state index in [2.05, 4.69) is 0 Å². The quantitative estimate of drug-likeness (QED) is 0.819. The van der Waals surface area contributed by atoms with E-state index < -0.39 is 12.6 Å².